The first-order valence-electron chi connectivity index (χ1n) is 37.3. The molecule has 0 aliphatic heterocycles. The highest BCUT2D eigenvalue weighted by atomic mass is 16.5. The molecule has 0 aromatic heterocycles. The summed E-state index contributed by atoms with van der Waals surface area (Å²) < 4.78 is 5.51. The van der Waals surface area contributed by atoms with Gasteiger partial charge in [-0.15, -0.1) is 0 Å². The van der Waals surface area contributed by atoms with Crippen LogP contribution in [0.5, 0.6) is 0 Å². The molecular formula is C76H145NO5. The number of unbranched alkanes of at least 4 members (excludes halogenated alkanes) is 55. The summed E-state index contributed by atoms with van der Waals surface area (Å²) in [7, 11) is 0. The van der Waals surface area contributed by atoms with Crippen LogP contribution < -0.4 is 5.32 Å². The summed E-state index contributed by atoms with van der Waals surface area (Å²) >= 11 is 0. The van der Waals surface area contributed by atoms with E-state index in [0.717, 1.165) is 51.4 Å². The SMILES string of the molecule is CCCCC/C=C\C/C=C\CCCCCCCCCC(=O)OCCCCCCCCCCCCCCCCCCCCCCCCCCCCCCCCCCCCCCCC(=O)NC(CO)C(O)/C=C/CCCCCCCCCCC. The molecule has 6 nitrogen and oxygen atoms in total. The number of esters is 1. The van der Waals surface area contributed by atoms with E-state index in [9.17, 15) is 19.8 Å². The van der Waals surface area contributed by atoms with E-state index in [2.05, 4.69) is 43.5 Å². The first kappa shape index (κ1) is 80.1. The largest absolute Gasteiger partial charge is 0.466 e. The van der Waals surface area contributed by atoms with Gasteiger partial charge in [0, 0.05) is 12.8 Å². The second kappa shape index (κ2) is 71.6. The van der Waals surface area contributed by atoms with Crippen LogP contribution in [0, 0.1) is 0 Å². The number of aliphatic hydroxyl groups is 2. The van der Waals surface area contributed by atoms with Crippen LogP contribution in [-0.4, -0.2) is 47.4 Å². The molecule has 0 aliphatic carbocycles. The Labute approximate surface area is 513 Å². The third kappa shape index (κ3) is 67.2. The molecule has 484 valence electrons. The van der Waals surface area contributed by atoms with Crippen LogP contribution in [0.3, 0.4) is 0 Å². The quantitative estimate of drug-likeness (QED) is 0.0320. The Bertz CT molecular complexity index is 1330. The normalized spacial score (nSPS) is 12.7. The summed E-state index contributed by atoms with van der Waals surface area (Å²) in [6, 6.07) is -0.622. The molecule has 2 atom stereocenters. The Balaban J connectivity index is 3.29. The molecule has 6 heteroatoms. The molecule has 0 spiro atoms. The molecule has 3 N–H and O–H groups in total. The lowest BCUT2D eigenvalue weighted by atomic mass is 10.0. The zero-order chi connectivity index (χ0) is 59.2. The molecule has 0 fully saturated rings. The van der Waals surface area contributed by atoms with E-state index in [-0.39, 0.29) is 18.5 Å². The molecule has 0 rings (SSSR count). The van der Waals surface area contributed by atoms with Crippen molar-refractivity contribution in [2.45, 2.75) is 424 Å². The van der Waals surface area contributed by atoms with Crippen LogP contribution in [0.15, 0.2) is 36.5 Å². The van der Waals surface area contributed by atoms with Gasteiger partial charge in [0.2, 0.25) is 5.91 Å². The topological polar surface area (TPSA) is 95.9 Å². The maximum Gasteiger partial charge on any atom is 0.305 e. The number of hydrogen-bond acceptors (Lipinski definition) is 5. The van der Waals surface area contributed by atoms with Crippen molar-refractivity contribution in [2.24, 2.45) is 0 Å². The van der Waals surface area contributed by atoms with Gasteiger partial charge in [0.05, 0.1) is 25.4 Å². The molecule has 2 unspecified atom stereocenters. The van der Waals surface area contributed by atoms with Crippen molar-refractivity contribution in [3.63, 3.8) is 0 Å². The van der Waals surface area contributed by atoms with Crippen molar-refractivity contribution in [3.05, 3.63) is 36.5 Å². The van der Waals surface area contributed by atoms with E-state index in [0.29, 0.717) is 19.4 Å². The third-order valence-corrected chi connectivity index (χ3v) is 17.4. The highest BCUT2D eigenvalue weighted by Crippen LogP contribution is 2.19. The fraction of sp³-hybridized carbons (Fsp3) is 0.895. The van der Waals surface area contributed by atoms with Gasteiger partial charge in [0.15, 0.2) is 0 Å². The van der Waals surface area contributed by atoms with Gasteiger partial charge in [0.1, 0.15) is 0 Å². The first-order valence-corrected chi connectivity index (χ1v) is 37.3. The lowest BCUT2D eigenvalue weighted by molar-refractivity contribution is -0.143. The van der Waals surface area contributed by atoms with Gasteiger partial charge in [-0.2, -0.15) is 0 Å². The summed E-state index contributed by atoms with van der Waals surface area (Å²) in [6.45, 7) is 4.89. The smallest absolute Gasteiger partial charge is 0.305 e. The number of rotatable bonds is 70. The van der Waals surface area contributed by atoms with Crippen LogP contribution in [0.2, 0.25) is 0 Å². The van der Waals surface area contributed by atoms with Crippen LogP contribution in [0.1, 0.15) is 412 Å². The second-order valence-electron chi connectivity index (χ2n) is 25.6. The van der Waals surface area contributed by atoms with Crippen molar-refractivity contribution in [3.8, 4) is 0 Å². The van der Waals surface area contributed by atoms with Crippen molar-refractivity contribution in [1.82, 2.24) is 5.32 Å². The minimum Gasteiger partial charge on any atom is -0.466 e. The summed E-state index contributed by atoms with van der Waals surface area (Å²) in [6.07, 6.45) is 92.7. The number of carbonyl (C=O) groups excluding carboxylic acids is 2. The van der Waals surface area contributed by atoms with Gasteiger partial charge in [-0.25, -0.2) is 0 Å². The minimum atomic E-state index is -0.839. The van der Waals surface area contributed by atoms with Gasteiger partial charge in [0.25, 0.3) is 0 Å². The molecule has 0 bridgehead atoms. The lowest BCUT2D eigenvalue weighted by Crippen LogP contribution is -2.45. The molecule has 0 heterocycles. The maximum absolute atomic E-state index is 12.4. The molecular weight excluding hydrogens is 1010 g/mol. The standard InChI is InChI=1S/C76H145NO5/c1-3-5-7-9-11-13-15-16-17-39-43-46-50-54-58-62-66-70-76(81)82-71-67-63-59-55-51-47-44-41-38-36-34-32-30-28-26-24-22-20-18-19-21-23-25-27-29-31-33-35-37-40-42-45-49-53-57-61-65-69-75(80)77-73(72-78)74(79)68-64-60-56-52-48-14-12-10-8-6-4-2/h11,13,16-17,64,68,73-74,78-79H,3-10,12,14-15,18-63,65-67,69-72H2,1-2H3,(H,77,80)/b13-11-,17-16-,68-64+. The van der Waals surface area contributed by atoms with Gasteiger partial charge in [-0.1, -0.05) is 371 Å². The number of hydrogen-bond donors (Lipinski definition) is 3. The number of ether oxygens (including phenoxy) is 1. The fourth-order valence-electron chi connectivity index (χ4n) is 11.7. The Morgan fingerprint density at radius 1 is 0.341 bits per heavy atom. The Hall–Kier alpha value is -1.92. The average Bonchev–Trinajstić information content (AvgIpc) is 3.48. The van der Waals surface area contributed by atoms with Crippen LogP contribution in [0.4, 0.5) is 0 Å². The van der Waals surface area contributed by atoms with Crippen LogP contribution in [0.25, 0.3) is 0 Å². The molecule has 82 heavy (non-hydrogen) atoms. The van der Waals surface area contributed by atoms with E-state index >= 15 is 0 Å². The number of allylic oxidation sites excluding steroid dienone is 5. The Morgan fingerprint density at radius 3 is 0.951 bits per heavy atom. The minimum absolute atomic E-state index is 0.0157. The van der Waals surface area contributed by atoms with Crippen LogP contribution in [-0.2, 0) is 14.3 Å². The number of amides is 1. The van der Waals surface area contributed by atoms with E-state index in [1.54, 1.807) is 6.08 Å². The molecule has 0 radical (unpaired) electrons. The lowest BCUT2D eigenvalue weighted by Gasteiger charge is -2.20. The third-order valence-electron chi connectivity index (χ3n) is 17.4. The highest BCUT2D eigenvalue weighted by Gasteiger charge is 2.18. The van der Waals surface area contributed by atoms with Crippen molar-refractivity contribution < 1.29 is 24.5 Å². The van der Waals surface area contributed by atoms with E-state index in [4.69, 9.17) is 4.74 Å². The zero-order valence-electron chi connectivity index (χ0n) is 55.5. The summed E-state index contributed by atoms with van der Waals surface area (Å²) in [5, 5.41) is 23.1. The Kier molecular flexibility index (Phi) is 69.9. The molecule has 0 saturated heterocycles. The van der Waals surface area contributed by atoms with E-state index in [1.807, 2.05) is 6.08 Å². The molecule has 0 aliphatic rings. The maximum atomic E-state index is 12.4. The van der Waals surface area contributed by atoms with Gasteiger partial charge >= 0.3 is 5.97 Å². The van der Waals surface area contributed by atoms with Gasteiger partial charge in [-0.3, -0.25) is 9.59 Å². The molecule has 0 aromatic rings. The predicted octanol–water partition coefficient (Wildman–Crippen LogP) is 24.3. The van der Waals surface area contributed by atoms with E-state index < -0.39 is 12.1 Å². The first-order chi connectivity index (χ1) is 40.5. The molecule has 0 saturated carbocycles. The van der Waals surface area contributed by atoms with Gasteiger partial charge < -0.3 is 20.3 Å². The predicted molar refractivity (Wildman–Crippen MR) is 361 cm³/mol. The Morgan fingerprint density at radius 2 is 0.610 bits per heavy atom. The average molecular weight is 1150 g/mol. The number of nitrogens with one attached hydrogen (secondary N) is 1. The summed E-state index contributed by atoms with van der Waals surface area (Å²) in [4.78, 5) is 24.5. The van der Waals surface area contributed by atoms with Crippen molar-refractivity contribution in [2.75, 3.05) is 13.2 Å². The van der Waals surface area contributed by atoms with Crippen molar-refractivity contribution in [1.29, 1.82) is 0 Å². The summed E-state index contributed by atoms with van der Waals surface area (Å²) in [5.41, 5.74) is 0. The summed E-state index contributed by atoms with van der Waals surface area (Å²) in [5.74, 6) is -0.0461. The van der Waals surface area contributed by atoms with Crippen LogP contribution >= 0.6 is 0 Å². The monoisotopic (exact) mass is 1150 g/mol. The van der Waals surface area contributed by atoms with E-state index in [1.165, 1.54) is 334 Å². The van der Waals surface area contributed by atoms with Gasteiger partial charge in [-0.05, 0) is 64.2 Å². The second-order valence-corrected chi connectivity index (χ2v) is 25.6. The zero-order valence-corrected chi connectivity index (χ0v) is 55.5. The van der Waals surface area contributed by atoms with Crippen molar-refractivity contribution >= 4 is 11.9 Å². The number of aliphatic hydroxyl groups excluding tert-OH is 2. The number of carbonyl (C=O) groups is 2. The molecule has 0 aromatic carbocycles. The highest BCUT2D eigenvalue weighted by molar-refractivity contribution is 5.76. The molecule has 1 amide bonds. The fourth-order valence-corrected chi connectivity index (χ4v) is 11.7.